The first-order valence-corrected chi connectivity index (χ1v) is 6.50. The Bertz CT molecular complexity index is 327. The molecule has 1 aromatic carbocycles. The van der Waals surface area contributed by atoms with Crippen LogP contribution in [-0.2, 0) is 5.75 Å². The van der Waals surface area contributed by atoms with E-state index in [9.17, 15) is 5.11 Å². The predicted molar refractivity (Wildman–Crippen MR) is 65.0 cm³/mol. The third-order valence-corrected chi connectivity index (χ3v) is 3.72. The van der Waals surface area contributed by atoms with Gasteiger partial charge >= 0.3 is 0 Å². The largest absolute Gasteiger partial charge is 0.392 e. The minimum atomic E-state index is -0.274. The van der Waals surface area contributed by atoms with Crippen LogP contribution in [0.5, 0.6) is 0 Å². The van der Waals surface area contributed by atoms with Gasteiger partial charge in [0.2, 0.25) is 0 Å². The highest BCUT2D eigenvalue weighted by Crippen LogP contribution is 2.31. The minimum Gasteiger partial charge on any atom is -0.392 e. The Hall–Kier alpha value is -0.510. The molecule has 1 aliphatic rings. The van der Waals surface area contributed by atoms with Crippen molar-refractivity contribution in [1.29, 1.82) is 0 Å². The number of thioether (sulfide) groups is 1. The Kier molecular flexibility index (Phi) is 3.67. The second kappa shape index (κ2) is 5.01. The average Bonchev–Trinajstić information content (AvgIpc) is 2.26. The minimum absolute atomic E-state index is 0.274. The number of hydrogen-bond donors (Lipinski definition) is 2. The quantitative estimate of drug-likeness (QED) is 0.821. The smallest absolute Gasteiger partial charge is 0.0636 e. The molecule has 0 saturated carbocycles. The first-order chi connectivity index (χ1) is 7.27. The second-order valence-electron chi connectivity index (χ2n) is 4.02. The molecule has 1 aliphatic heterocycles. The van der Waals surface area contributed by atoms with E-state index in [2.05, 4.69) is 29.6 Å². The molecular weight excluding hydrogens is 206 g/mol. The molecule has 2 rings (SSSR count). The van der Waals surface area contributed by atoms with Crippen molar-refractivity contribution in [3.05, 3.63) is 35.4 Å². The summed E-state index contributed by atoms with van der Waals surface area (Å²) in [6.07, 6.45) is -0.274. The van der Waals surface area contributed by atoms with E-state index in [0.717, 1.165) is 11.5 Å². The van der Waals surface area contributed by atoms with Crippen molar-refractivity contribution in [2.24, 2.45) is 0 Å². The fourth-order valence-corrected chi connectivity index (χ4v) is 3.00. The Labute approximate surface area is 95.1 Å². The lowest BCUT2D eigenvalue weighted by Crippen LogP contribution is -2.32. The van der Waals surface area contributed by atoms with Crippen LogP contribution in [0.4, 0.5) is 0 Å². The van der Waals surface area contributed by atoms with Gasteiger partial charge in [-0.2, -0.15) is 11.8 Å². The summed E-state index contributed by atoms with van der Waals surface area (Å²) in [6.45, 7) is 2.48. The molecule has 3 heteroatoms. The van der Waals surface area contributed by atoms with Gasteiger partial charge in [-0.15, -0.1) is 0 Å². The third kappa shape index (κ3) is 2.74. The summed E-state index contributed by atoms with van der Waals surface area (Å²) in [5.74, 6) is 2.22. The van der Waals surface area contributed by atoms with Crippen molar-refractivity contribution in [3.8, 4) is 0 Å². The third-order valence-electron chi connectivity index (χ3n) is 2.63. The number of nitrogens with one attached hydrogen (secondary N) is 1. The lowest BCUT2D eigenvalue weighted by molar-refractivity contribution is 0.187. The van der Waals surface area contributed by atoms with E-state index in [1.807, 2.05) is 18.7 Å². The number of aliphatic hydroxyl groups is 1. The van der Waals surface area contributed by atoms with Crippen molar-refractivity contribution in [2.45, 2.75) is 24.8 Å². The fourth-order valence-electron chi connectivity index (χ4n) is 1.86. The summed E-state index contributed by atoms with van der Waals surface area (Å²) < 4.78 is 0. The van der Waals surface area contributed by atoms with Gasteiger partial charge in [-0.25, -0.2) is 0 Å². The summed E-state index contributed by atoms with van der Waals surface area (Å²) in [4.78, 5) is 0. The molecule has 15 heavy (non-hydrogen) atoms. The van der Waals surface area contributed by atoms with Crippen molar-refractivity contribution in [1.82, 2.24) is 5.32 Å². The van der Waals surface area contributed by atoms with Gasteiger partial charge in [-0.1, -0.05) is 24.3 Å². The Morgan fingerprint density at radius 1 is 1.53 bits per heavy atom. The van der Waals surface area contributed by atoms with Gasteiger partial charge in [0.1, 0.15) is 0 Å². The molecule has 0 fully saturated rings. The van der Waals surface area contributed by atoms with E-state index in [4.69, 9.17) is 0 Å². The molecule has 0 spiro atoms. The van der Waals surface area contributed by atoms with Crippen molar-refractivity contribution in [2.75, 3.05) is 12.3 Å². The standard InChI is InChI=1S/C12H17NOS/c1-9(14)6-13-12-8-15-7-10-4-2-3-5-11(10)12/h2-5,9,12-14H,6-8H2,1H3/t9-,12?/m1/s1. The van der Waals surface area contributed by atoms with Gasteiger partial charge in [0.25, 0.3) is 0 Å². The van der Waals surface area contributed by atoms with Crippen LogP contribution in [0, 0.1) is 0 Å². The fraction of sp³-hybridized carbons (Fsp3) is 0.500. The summed E-state index contributed by atoms with van der Waals surface area (Å²) in [5, 5.41) is 12.7. The number of benzene rings is 1. The lowest BCUT2D eigenvalue weighted by Gasteiger charge is -2.26. The molecule has 0 radical (unpaired) electrons. The maximum Gasteiger partial charge on any atom is 0.0636 e. The molecule has 1 aromatic rings. The monoisotopic (exact) mass is 223 g/mol. The summed E-state index contributed by atoms with van der Waals surface area (Å²) in [6, 6.07) is 8.96. The van der Waals surface area contributed by atoms with Crippen LogP contribution in [-0.4, -0.2) is 23.5 Å². The van der Waals surface area contributed by atoms with Crippen LogP contribution in [0.2, 0.25) is 0 Å². The van der Waals surface area contributed by atoms with E-state index in [0.29, 0.717) is 12.6 Å². The summed E-state index contributed by atoms with van der Waals surface area (Å²) >= 11 is 1.95. The molecule has 1 heterocycles. The lowest BCUT2D eigenvalue weighted by atomic mass is 10.0. The average molecular weight is 223 g/mol. The van der Waals surface area contributed by atoms with Crippen molar-refractivity contribution >= 4 is 11.8 Å². The molecule has 2 atom stereocenters. The van der Waals surface area contributed by atoms with E-state index >= 15 is 0 Å². The zero-order valence-electron chi connectivity index (χ0n) is 8.94. The number of fused-ring (bicyclic) bond motifs is 1. The Morgan fingerprint density at radius 2 is 2.33 bits per heavy atom. The summed E-state index contributed by atoms with van der Waals surface area (Å²) in [7, 11) is 0. The SMILES string of the molecule is C[C@@H](O)CNC1CSCc2ccccc21. The second-order valence-corrected chi connectivity index (χ2v) is 5.05. The first-order valence-electron chi connectivity index (χ1n) is 5.34. The van der Waals surface area contributed by atoms with Crippen molar-refractivity contribution in [3.63, 3.8) is 0 Å². The van der Waals surface area contributed by atoms with Gasteiger partial charge in [-0.3, -0.25) is 0 Å². The van der Waals surface area contributed by atoms with E-state index in [1.54, 1.807) is 0 Å². The van der Waals surface area contributed by atoms with E-state index in [1.165, 1.54) is 11.1 Å². The van der Waals surface area contributed by atoms with Gasteiger partial charge in [-0.05, 0) is 18.1 Å². The number of hydrogen-bond acceptors (Lipinski definition) is 3. The van der Waals surface area contributed by atoms with Gasteiger partial charge in [0, 0.05) is 24.1 Å². The summed E-state index contributed by atoms with van der Waals surface area (Å²) in [5.41, 5.74) is 2.83. The van der Waals surface area contributed by atoms with Crippen LogP contribution in [0.15, 0.2) is 24.3 Å². The van der Waals surface area contributed by atoms with Crippen LogP contribution >= 0.6 is 11.8 Å². The van der Waals surface area contributed by atoms with Gasteiger partial charge in [0.15, 0.2) is 0 Å². The molecule has 0 bridgehead atoms. The van der Waals surface area contributed by atoms with Crippen LogP contribution in [0.3, 0.4) is 0 Å². The Balaban J connectivity index is 2.08. The maximum atomic E-state index is 9.26. The van der Waals surface area contributed by atoms with E-state index in [-0.39, 0.29) is 6.10 Å². The molecular formula is C12H17NOS. The number of rotatable bonds is 3. The van der Waals surface area contributed by atoms with Crippen molar-refractivity contribution < 1.29 is 5.11 Å². The molecule has 2 nitrogen and oxygen atoms in total. The maximum absolute atomic E-state index is 9.26. The number of aliphatic hydroxyl groups excluding tert-OH is 1. The van der Waals surface area contributed by atoms with Crippen LogP contribution in [0.1, 0.15) is 24.1 Å². The molecule has 0 aliphatic carbocycles. The molecule has 82 valence electrons. The molecule has 1 unspecified atom stereocenters. The highest BCUT2D eigenvalue weighted by atomic mass is 32.2. The normalized spacial score (nSPS) is 22.1. The highest BCUT2D eigenvalue weighted by molar-refractivity contribution is 7.98. The van der Waals surface area contributed by atoms with Crippen LogP contribution < -0.4 is 5.32 Å². The first kappa shape index (κ1) is 11.0. The van der Waals surface area contributed by atoms with Crippen LogP contribution in [0.25, 0.3) is 0 Å². The van der Waals surface area contributed by atoms with Gasteiger partial charge < -0.3 is 10.4 Å². The zero-order valence-corrected chi connectivity index (χ0v) is 9.76. The topological polar surface area (TPSA) is 32.3 Å². The Morgan fingerprint density at radius 3 is 3.13 bits per heavy atom. The molecule has 2 N–H and O–H groups in total. The predicted octanol–water partition coefficient (Wildman–Crippen LogP) is 1.94. The van der Waals surface area contributed by atoms with E-state index < -0.39 is 0 Å². The molecule has 0 amide bonds. The molecule has 0 saturated heterocycles. The highest BCUT2D eigenvalue weighted by Gasteiger charge is 2.19. The molecule has 0 aromatic heterocycles. The zero-order chi connectivity index (χ0) is 10.7. The van der Waals surface area contributed by atoms with Gasteiger partial charge in [0.05, 0.1) is 6.10 Å².